The third-order valence-electron chi connectivity index (χ3n) is 4.88. The number of aromatic amines is 1. The molecule has 2 amide bonds. The largest absolute Gasteiger partial charge is 0.497 e. The number of likely N-dealkylation sites (tertiary alicyclic amines) is 1. The standard InChI is InChI=1S/C22H20N2O3/c1-27-18-7-8-20-19(13-18)17(14-23-20)11-16-12-21(25)24(22(16)26)10-9-15-5-3-2-4-6-15/h2-8,11,13-14,23H,9-10,12H2,1H3. The fraction of sp³-hybridized carbons (Fsp3) is 0.182. The number of nitrogens with zero attached hydrogens (tertiary/aromatic N) is 1. The molecule has 1 fully saturated rings. The molecule has 0 aliphatic carbocycles. The monoisotopic (exact) mass is 360 g/mol. The van der Waals surface area contributed by atoms with E-state index in [1.165, 1.54) is 4.90 Å². The van der Waals surface area contributed by atoms with Gasteiger partial charge in [-0.25, -0.2) is 0 Å². The van der Waals surface area contributed by atoms with Gasteiger partial charge in [-0.1, -0.05) is 30.3 Å². The van der Waals surface area contributed by atoms with Gasteiger partial charge in [-0.3, -0.25) is 14.5 Å². The van der Waals surface area contributed by atoms with Gasteiger partial charge in [0.2, 0.25) is 5.91 Å². The quantitative estimate of drug-likeness (QED) is 0.559. The number of carbonyl (C=O) groups excluding carboxylic acids is 2. The fourth-order valence-corrected chi connectivity index (χ4v) is 3.40. The number of hydrogen-bond acceptors (Lipinski definition) is 3. The van der Waals surface area contributed by atoms with Crippen molar-refractivity contribution in [1.29, 1.82) is 0 Å². The Kier molecular flexibility index (Phi) is 4.50. The second-order valence-electron chi connectivity index (χ2n) is 6.59. The number of ether oxygens (including phenoxy) is 1. The number of methoxy groups -OCH3 is 1. The van der Waals surface area contributed by atoms with Crippen LogP contribution < -0.4 is 4.74 Å². The summed E-state index contributed by atoms with van der Waals surface area (Å²) in [5, 5.41) is 0.963. The van der Waals surface area contributed by atoms with Crippen LogP contribution in [0.4, 0.5) is 0 Å². The lowest BCUT2D eigenvalue weighted by molar-refractivity contribution is -0.137. The van der Waals surface area contributed by atoms with Gasteiger partial charge in [0.25, 0.3) is 5.91 Å². The topological polar surface area (TPSA) is 62.4 Å². The maximum absolute atomic E-state index is 12.7. The average molecular weight is 360 g/mol. The molecule has 1 aliphatic heterocycles. The van der Waals surface area contributed by atoms with E-state index in [2.05, 4.69) is 4.98 Å². The Balaban J connectivity index is 1.56. The molecule has 4 rings (SSSR count). The lowest BCUT2D eigenvalue weighted by Crippen LogP contribution is -2.31. The van der Waals surface area contributed by atoms with Gasteiger partial charge in [0, 0.05) is 34.8 Å². The van der Waals surface area contributed by atoms with Gasteiger partial charge < -0.3 is 9.72 Å². The summed E-state index contributed by atoms with van der Waals surface area (Å²) in [7, 11) is 1.62. The second kappa shape index (κ2) is 7.11. The number of amides is 2. The summed E-state index contributed by atoms with van der Waals surface area (Å²) < 4.78 is 5.28. The van der Waals surface area contributed by atoms with Gasteiger partial charge in [0.1, 0.15) is 5.75 Å². The molecule has 136 valence electrons. The number of fused-ring (bicyclic) bond motifs is 1. The molecule has 0 atom stereocenters. The maximum Gasteiger partial charge on any atom is 0.256 e. The molecule has 3 aromatic rings. The maximum atomic E-state index is 12.7. The molecule has 5 nitrogen and oxygen atoms in total. The number of hydrogen-bond donors (Lipinski definition) is 1. The Morgan fingerprint density at radius 2 is 1.96 bits per heavy atom. The van der Waals surface area contributed by atoms with Crippen LogP contribution in [0.25, 0.3) is 17.0 Å². The van der Waals surface area contributed by atoms with Gasteiger partial charge in [-0.05, 0) is 36.3 Å². The Morgan fingerprint density at radius 1 is 1.15 bits per heavy atom. The Hall–Kier alpha value is -3.34. The SMILES string of the molecule is COc1ccc2[nH]cc(C=C3CC(=O)N(CCc4ccccc4)C3=O)c2c1. The summed E-state index contributed by atoms with van der Waals surface area (Å²) in [4.78, 5) is 29.6. The zero-order valence-corrected chi connectivity index (χ0v) is 15.1. The van der Waals surface area contributed by atoms with Crippen LogP contribution in [0, 0.1) is 0 Å². The zero-order chi connectivity index (χ0) is 18.8. The van der Waals surface area contributed by atoms with E-state index in [1.807, 2.05) is 54.7 Å². The minimum absolute atomic E-state index is 0.139. The van der Waals surface area contributed by atoms with E-state index in [-0.39, 0.29) is 18.2 Å². The highest BCUT2D eigenvalue weighted by Gasteiger charge is 2.33. The van der Waals surface area contributed by atoms with Crippen LogP contribution in [0.1, 0.15) is 17.5 Å². The minimum atomic E-state index is -0.201. The van der Waals surface area contributed by atoms with E-state index in [0.29, 0.717) is 18.5 Å². The second-order valence-corrected chi connectivity index (χ2v) is 6.59. The number of aromatic nitrogens is 1. The number of imide groups is 1. The summed E-state index contributed by atoms with van der Waals surface area (Å²) in [6, 6.07) is 15.6. The predicted octanol–water partition coefficient (Wildman–Crippen LogP) is 3.56. The van der Waals surface area contributed by atoms with Crippen molar-refractivity contribution in [2.75, 3.05) is 13.7 Å². The molecule has 1 aliphatic rings. The molecular formula is C22H20N2O3. The molecule has 2 aromatic carbocycles. The Bertz CT molecular complexity index is 1030. The van der Waals surface area contributed by atoms with Crippen LogP contribution in [0.3, 0.4) is 0 Å². The van der Waals surface area contributed by atoms with Crippen LogP contribution in [0.15, 0.2) is 60.3 Å². The highest BCUT2D eigenvalue weighted by molar-refractivity contribution is 6.16. The predicted molar refractivity (Wildman–Crippen MR) is 104 cm³/mol. The first-order valence-electron chi connectivity index (χ1n) is 8.90. The van der Waals surface area contributed by atoms with Crippen LogP contribution in [0.2, 0.25) is 0 Å². The van der Waals surface area contributed by atoms with Gasteiger partial charge in [0.05, 0.1) is 13.5 Å². The van der Waals surface area contributed by atoms with Crippen LogP contribution in [0.5, 0.6) is 5.75 Å². The molecule has 1 aromatic heterocycles. The number of nitrogens with one attached hydrogen (secondary N) is 1. The van der Waals surface area contributed by atoms with Crippen molar-refractivity contribution >= 4 is 28.8 Å². The summed E-state index contributed by atoms with van der Waals surface area (Å²) >= 11 is 0. The number of rotatable bonds is 5. The normalized spacial score (nSPS) is 15.9. The first-order valence-corrected chi connectivity index (χ1v) is 8.90. The Morgan fingerprint density at radius 3 is 2.74 bits per heavy atom. The molecule has 0 spiro atoms. The van der Waals surface area contributed by atoms with Gasteiger partial charge in [-0.2, -0.15) is 0 Å². The molecule has 0 radical (unpaired) electrons. The fourth-order valence-electron chi connectivity index (χ4n) is 3.40. The van der Waals surface area contributed by atoms with Crippen molar-refractivity contribution in [3.8, 4) is 5.75 Å². The van der Waals surface area contributed by atoms with E-state index in [4.69, 9.17) is 4.74 Å². The highest BCUT2D eigenvalue weighted by atomic mass is 16.5. The summed E-state index contributed by atoms with van der Waals surface area (Å²) in [5.41, 5.74) is 3.47. The van der Waals surface area contributed by atoms with E-state index in [9.17, 15) is 9.59 Å². The molecule has 0 unspecified atom stereocenters. The van der Waals surface area contributed by atoms with Gasteiger partial charge in [-0.15, -0.1) is 0 Å². The molecule has 1 N–H and O–H groups in total. The molecule has 1 saturated heterocycles. The molecule has 0 bridgehead atoms. The van der Waals surface area contributed by atoms with Crippen molar-refractivity contribution < 1.29 is 14.3 Å². The van der Waals surface area contributed by atoms with Crippen molar-refractivity contribution in [3.63, 3.8) is 0 Å². The molecule has 2 heterocycles. The molecular weight excluding hydrogens is 340 g/mol. The number of benzene rings is 2. The number of H-pyrrole nitrogens is 1. The number of carbonyl (C=O) groups is 2. The first-order chi connectivity index (χ1) is 13.2. The summed E-state index contributed by atoms with van der Waals surface area (Å²) in [5.74, 6) is 0.410. The third-order valence-corrected chi connectivity index (χ3v) is 4.88. The first kappa shape index (κ1) is 17.1. The summed E-state index contributed by atoms with van der Waals surface area (Å²) in [6.45, 7) is 0.403. The Labute approximate surface area is 157 Å². The van der Waals surface area contributed by atoms with E-state index < -0.39 is 0 Å². The third kappa shape index (κ3) is 3.36. The lowest BCUT2D eigenvalue weighted by Gasteiger charge is -2.13. The van der Waals surface area contributed by atoms with E-state index in [1.54, 1.807) is 13.2 Å². The minimum Gasteiger partial charge on any atom is -0.497 e. The van der Waals surface area contributed by atoms with Crippen LogP contribution >= 0.6 is 0 Å². The van der Waals surface area contributed by atoms with Gasteiger partial charge in [0.15, 0.2) is 0 Å². The smallest absolute Gasteiger partial charge is 0.256 e. The average Bonchev–Trinajstić information content (AvgIpc) is 3.21. The zero-order valence-electron chi connectivity index (χ0n) is 15.1. The van der Waals surface area contributed by atoms with Crippen LogP contribution in [-0.2, 0) is 16.0 Å². The van der Waals surface area contributed by atoms with Crippen molar-refractivity contribution in [1.82, 2.24) is 9.88 Å². The van der Waals surface area contributed by atoms with Crippen molar-refractivity contribution in [2.24, 2.45) is 0 Å². The van der Waals surface area contributed by atoms with Gasteiger partial charge >= 0.3 is 0 Å². The highest BCUT2D eigenvalue weighted by Crippen LogP contribution is 2.28. The summed E-state index contributed by atoms with van der Waals surface area (Å²) in [6.07, 6.45) is 4.46. The van der Waals surface area contributed by atoms with E-state index >= 15 is 0 Å². The molecule has 27 heavy (non-hydrogen) atoms. The van der Waals surface area contributed by atoms with Crippen LogP contribution in [-0.4, -0.2) is 35.4 Å². The van der Waals surface area contributed by atoms with E-state index in [0.717, 1.165) is 27.8 Å². The molecule has 5 heteroatoms. The lowest BCUT2D eigenvalue weighted by atomic mass is 10.1. The van der Waals surface area contributed by atoms with Crippen molar-refractivity contribution in [3.05, 3.63) is 71.4 Å². The molecule has 0 saturated carbocycles. The van der Waals surface area contributed by atoms with Crippen molar-refractivity contribution in [2.45, 2.75) is 12.8 Å².